The van der Waals surface area contributed by atoms with Crippen LogP contribution >= 0.6 is 0 Å². The van der Waals surface area contributed by atoms with Crippen molar-refractivity contribution in [3.63, 3.8) is 0 Å². The van der Waals surface area contributed by atoms with E-state index in [1.807, 2.05) is 36.1 Å². The monoisotopic (exact) mass is 396 g/mol. The van der Waals surface area contributed by atoms with Gasteiger partial charge >= 0.3 is 0 Å². The third kappa shape index (κ3) is 5.73. The van der Waals surface area contributed by atoms with Gasteiger partial charge in [-0.2, -0.15) is 0 Å². The second-order valence-corrected chi connectivity index (χ2v) is 7.36. The van der Waals surface area contributed by atoms with E-state index in [0.717, 1.165) is 11.3 Å². The SMILES string of the molecule is Cc1ccccc1OCCCC(=O)N1CCC(NC(=O)c2ccccc2O)CC1. The second-order valence-electron chi connectivity index (χ2n) is 7.36. The number of hydrogen-bond donors (Lipinski definition) is 2. The first-order chi connectivity index (χ1) is 14.0. The van der Waals surface area contributed by atoms with Gasteiger partial charge in [-0.15, -0.1) is 0 Å². The van der Waals surface area contributed by atoms with Crippen LogP contribution in [0.25, 0.3) is 0 Å². The molecule has 154 valence electrons. The molecular formula is C23H28N2O4. The molecule has 1 aliphatic heterocycles. The highest BCUT2D eigenvalue weighted by Crippen LogP contribution is 2.19. The number of hydrogen-bond acceptors (Lipinski definition) is 4. The average molecular weight is 396 g/mol. The van der Waals surface area contributed by atoms with E-state index >= 15 is 0 Å². The first kappa shape index (κ1) is 20.7. The largest absolute Gasteiger partial charge is 0.507 e. The van der Waals surface area contributed by atoms with Crippen molar-refractivity contribution < 1.29 is 19.4 Å². The van der Waals surface area contributed by atoms with Gasteiger partial charge in [-0.25, -0.2) is 0 Å². The molecule has 6 nitrogen and oxygen atoms in total. The zero-order valence-electron chi connectivity index (χ0n) is 16.8. The Morgan fingerprint density at radius 3 is 2.52 bits per heavy atom. The normalized spacial score (nSPS) is 14.4. The molecule has 0 saturated carbocycles. The Morgan fingerprint density at radius 2 is 1.79 bits per heavy atom. The third-order valence-corrected chi connectivity index (χ3v) is 5.22. The summed E-state index contributed by atoms with van der Waals surface area (Å²) in [5.74, 6) is 0.691. The van der Waals surface area contributed by atoms with Crippen LogP contribution in [-0.4, -0.2) is 47.6 Å². The van der Waals surface area contributed by atoms with E-state index < -0.39 is 0 Å². The Labute approximate surface area is 171 Å². The van der Waals surface area contributed by atoms with Gasteiger partial charge in [0.1, 0.15) is 11.5 Å². The lowest BCUT2D eigenvalue weighted by molar-refractivity contribution is -0.132. The molecular weight excluding hydrogens is 368 g/mol. The summed E-state index contributed by atoms with van der Waals surface area (Å²) >= 11 is 0. The molecule has 1 aliphatic rings. The number of piperidine rings is 1. The van der Waals surface area contributed by atoms with Gasteiger partial charge in [0, 0.05) is 25.6 Å². The molecule has 2 amide bonds. The third-order valence-electron chi connectivity index (χ3n) is 5.22. The molecule has 2 N–H and O–H groups in total. The van der Waals surface area contributed by atoms with Crippen LogP contribution in [0.4, 0.5) is 0 Å². The van der Waals surface area contributed by atoms with Crippen LogP contribution in [0.5, 0.6) is 11.5 Å². The topological polar surface area (TPSA) is 78.9 Å². The summed E-state index contributed by atoms with van der Waals surface area (Å²) in [6, 6.07) is 14.4. The van der Waals surface area contributed by atoms with Crippen molar-refractivity contribution in [1.29, 1.82) is 0 Å². The molecule has 0 radical (unpaired) electrons. The van der Waals surface area contributed by atoms with E-state index in [0.29, 0.717) is 45.4 Å². The Hall–Kier alpha value is -3.02. The summed E-state index contributed by atoms with van der Waals surface area (Å²) in [4.78, 5) is 26.6. The van der Waals surface area contributed by atoms with Gasteiger partial charge in [0.05, 0.1) is 12.2 Å². The lowest BCUT2D eigenvalue weighted by atomic mass is 10.0. The molecule has 29 heavy (non-hydrogen) atoms. The van der Waals surface area contributed by atoms with E-state index in [9.17, 15) is 14.7 Å². The van der Waals surface area contributed by atoms with Gasteiger partial charge < -0.3 is 20.1 Å². The number of phenolic OH excluding ortho intramolecular Hbond substituents is 1. The number of nitrogens with one attached hydrogen (secondary N) is 1. The number of rotatable bonds is 7. The molecule has 2 aromatic carbocycles. The van der Waals surface area contributed by atoms with Crippen LogP contribution in [0.15, 0.2) is 48.5 Å². The minimum absolute atomic E-state index is 0.00976. The number of nitrogens with zero attached hydrogens (tertiary/aromatic N) is 1. The fourth-order valence-corrected chi connectivity index (χ4v) is 3.48. The van der Waals surface area contributed by atoms with Crippen LogP contribution in [0, 0.1) is 6.92 Å². The number of carbonyl (C=O) groups excluding carboxylic acids is 2. The van der Waals surface area contributed by atoms with Crippen molar-refractivity contribution in [2.45, 2.75) is 38.6 Å². The van der Waals surface area contributed by atoms with E-state index in [-0.39, 0.29) is 29.2 Å². The van der Waals surface area contributed by atoms with Crippen molar-refractivity contribution in [3.8, 4) is 11.5 Å². The molecule has 2 aromatic rings. The van der Waals surface area contributed by atoms with Crippen molar-refractivity contribution >= 4 is 11.8 Å². The molecule has 0 aromatic heterocycles. The zero-order chi connectivity index (χ0) is 20.6. The zero-order valence-corrected chi connectivity index (χ0v) is 16.8. The van der Waals surface area contributed by atoms with Crippen LogP contribution in [0.3, 0.4) is 0 Å². The highest BCUT2D eigenvalue weighted by atomic mass is 16.5. The van der Waals surface area contributed by atoms with Gasteiger partial charge in [-0.05, 0) is 49.9 Å². The van der Waals surface area contributed by atoms with E-state index in [1.165, 1.54) is 6.07 Å². The fraction of sp³-hybridized carbons (Fsp3) is 0.391. The number of amides is 2. The van der Waals surface area contributed by atoms with Crippen molar-refractivity contribution in [3.05, 3.63) is 59.7 Å². The molecule has 1 saturated heterocycles. The summed E-state index contributed by atoms with van der Waals surface area (Å²) in [5, 5.41) is 12.7. The van der Waals surface area contributed by atoms with Gasteiger partial charge in [0.15, 0.2) is 0 Å². The fourth-order valence-electron chi connectivity index (χ4n) is 3.48. The minimum Gasteiger partial charge on any atom is -0.507 e. The quantitative estimate of drug-likeness (QED) is 0.704. The maximum Gasteiger partial charge on any atom is 0.255 e. The number of aryl methyl sites for hydroxylation is 1. The van der Waals surface area contributed by atoms with Crippen LogP contribution < -0.4 is 10.1 Å². The summed E-state index contributed by atoms with van der Waals surface area (Å²) < 4.78 is 5.75. The number of benzene rings is 2. The lowest BCUT2D eigenvalue weighted by Crippen LogP contribution is -2.46. The Morgan fingerprint density at radius 1 is 1.10 bits per heavy atom. The number of phenols is 1. The number of carbonyl (C=O) groups is 2. The number of ether oxygens (including phenoxy) is 1. The highest BCUT2D eigenvalue weighted by molar-refractivity contribution is 5.96. The maximum atomic E-state index is 12.4. The number of aromatic hydroxyl groups is 1. The van der Waals surface area contributed by atoms with Gasteiger partial charge in [-0.3, -0.25) is 9.59 Å². The first-order valence-corrected chi connectivity index (χ1v) is 10.1. The lowest BCUT2D eigenvalue weighted by Gasteiger charge is -2.32. The van der Waals surface area contributed by atoms with Crippen LogP contribution in [0.1, 0.15) is 41.6 Å². The number of likely N-dealkylation sites (tertiary alicyclic amines) is 1. The predicted octanol–water partition coefficient (Wildman–Crippen LogP) is 3.28. The molecule has 0 atom stereocenters. The predicted molar refractivity (Wildman–Crippen MR) is 111 cm³/mol. The summed E-state index contributed by atoms with van der Waals surface area (Å²) in [5.41, 5.74) is 1.37. The van der Waals surface area contributed by atoms with Crippen molar-refractivity contribution in [2.75, 3.05) is 19.7 Å². The second kappa shape index (κ2) is 9.96. The standard InChI is InChI=1S/C23H28N2O4/c1-17-7-2-5-10-21(17)29-16-6-11-22(27)25-14-12-18(13-15-25)24-23(28)19-8-3-4-9-20(19)26/h2-5,7-10,18,26H,6,11-16H2,1H3,(H,24,28). The molecule has 0 aliphatic carbocycles. The van der Waals surface area contributed by atoms with Gasteiger partial charge in [0.25, 0.3) is 5.91 Å². The van der Waals surface area contributed by atoms with E-state index in [4.69, 9.17) is 4.74 Å². The molecule has 0 bridgehead atoms. The van der Waals surface area contributed by atoms with Gasteiger partial charge in [-0.1, -0.05) is 30.3 Å². The maximum absolute atomic E-state index is 12.4. The smallest absolute Gasteiger partial charge is 0.255 e. The summed E-state index contributed by atoms with van der Waals surface area (Å²) in [7, 11) is 0. The van der Waals surface area contributed by atoms with Gasteiger partial charge in [0.2, 0.25) is 5.91 Å². The number of para-hydroxylation sites is 2. The highest BCUT2D eigenvalue weighted by Gasteiger charge is 2.24. The Balaban J connectivity index is 1.36. The summed E-state index contributed by atoms with van der Waals surface area (Å²) in [6.07, 6.45) is 2.56. The van der Waals surface area contributed by atoms with E-state index in [2.05, 4.69) is 5.32 Å². The van der Waals surface area contributed by atoms with Crippen molar-refractivity contribution in [2.24, 2.45) is 0 Å². The average Bonchev–Trinajstić information content (AvgIpc) is 2.73. The van der Waals surface area contributed by atoms with Crippen molar-refractivity contribution in [1.82, 2.24) is 10.2 Å². The molecule has 1 fully saturated rings. The van der Waals surface area contributed by atoms with Crippen LogP contribution in [-0.2, 0) is 4.79 Å². The molecule has 6 heteroatoms. The first-order valence-electron chi connectivity index (χ1n) is 10.1. The summed E-state index contributed by atoms with van der Waals surface area (Å²) in [6.45, 7) is 3.78. The minimum atomic E-state index is -0.277. The Bertz CT molecular complexity index is 844. The molecule has 1 heterocycles. The Kier molecular flexibility index (Phi) is 7.11. The molecule has 0 unspecified atom stereocenters. The van der Waals surface area contributed by atoms with Crippen LogP contribution in [0.2, 0.25) is 0 Å². The molecule has 0 spiro atoms. The van der Waals surface area contributed by atoms with E-state index in [1.54, 1.807) is 18.2 Å². The molecule has 3 rings (SSSR count).